The average molecular weight is 481 g/mol. The lowest BCUT2D eigenvalue weighted by Crippen LogP contribution is -2.15. The molecular weight excluding hydrogens is 469 g/mol. The molecule has 0 heterocycles. The van der Waals surface area contributed by atoms with Gasteiger partial charge in [0, 0.05) is 16.8 Å². The van der Waals surface area contributed by atoms with Crippen molar-refractivity contribution in [2.24, 2.45) is 9.98 Å². The minimum atomic E-state index is -4.33. The molecule has 0 amide bonds. The minimum Gasteiger partial charge on any atom is -0.277 e. The van der Waals surface area contributed by atoms with Gasteiger partial charge in [-0.1, -0.05) is 35.0 Å². The molecule has 158 valence electrons. The maximum absolute atomic E-state index is 14.8. The first-order valence-electron chi connectivity index (χ1n) is 8.18. The van der Waals surface area contributed by atoms with E-state index in [1.54, 1.807) is 6.07 Å². The molecule has 2 rings (SSSR count). The number of amidine groups is 1. The van der Waals surface area contributed by atoms with Gasteiger partial charge in [0.15, 0.2) is 5.82 Å². The highest BCUT2D eigenvalue weighted by Crippen LogP contribution is 2.28. The average Bonchev–Trinajstić information content (AvgIpc) is 2.72. The molecule has 0 aromatic heterocycles. The largest absolute Gasteiger partial charge is 0.277 e. The van der Waals surface area contributed by atoms with Crippen LogP contribution in [0.3, 0.4) is 0 Å². The van der Waals surface area contributed by atoms with Crippen LogP contribution in [0.15, 0.2) is 57.0 Å². The molecule has 2 aromatic carbocycles. The van der Waals surface area contributed by atoms with Crippen LogP contribution in [-0.2, 0) is 10.0 Å². The Hall–Kier alpha value is -3.24. The van der Waals surface area contributed by atoms with E-state index in [0.717, 1.165) is 18.2 Å². The van der Waals surface area contributed by atoms with Crippen LogP contribution in [0.2, 0.25) is 10.0 Å². The third-order valence-electron chi connectivity index (χ3n) is 3.53. The van der Waals surface area contributed by atoms with E-state index >= 15 is 0 Å². The van der Waals surface area contributed by atoms with Gasteiger partial charge in [0.05, 0.1) is 16.3 Å². The Morgan fingerprint density at radius 2 is 1.97 bits per heavy atom. The van der Waals surface area contributed by atoms with Gasteiger partial charge in [0.1, 0.15) is 16.8 Å². The van der Waals surface area contributed by atoms with Crippen LogP contribution >= 0.6 is 23.2 Å². The highest BCUT2D eigenvalue weighted by molar-refractivity contribution is 7.92. The lowest BCUT2D eigenvalue weighted by atomic mass is 10.1. The first kappa shape index (κ1) is 24.0. The monoisotopic (exact) mass is 480 g/mol. The smallest absolute Gasteiger partial charge is 0.263 e. The van der Waals surface area contributed by atoms with Gasteiger partial charge in [0.25, 0.3) is 10.0 Å². The van der Waals surface area contributed by atoms with Crippen molar-refractivity contribution >= 4 is 51.5 Å². The fourth-order valence-electron chi connectivity index (χ4n) is 2.09. The molecular formula is C20H12Cl2F2N4O2S. The van der Waals surface area contributed by atoms with E-state index in [9.17, 15) is 17.2 Å². The summed E-state index contributed by atoms with van der Waals surface area (Å²) in [6.07, 6.45) is 1.17. The predicted molar refractivity (Wildman–Crippen MR) is 117 cm³/mol. The standard InChI is InChI=1S/C20H12Cl2F2N4O2S/c1-12(11-27-19(10-25)26-2)3-5-14-16(23)7-8-17(20(14)24)28-31(29,30)18-9-13(21)4-6-15(18)22/h4,6-9,11,28H,2H2,1H3/b12-11+,27-19?. The number of allylic oxidation sites excluding steroid dienone is 1. The number of nitriles is 1. The topological polar surface area (TPSA) is 94.7 Å². The van der Waals surface area contributed by atoms with Crippen molar-refractivity contribution in [2.75, 3.05) is 4.72 Å². The number of hydrogen-bond donors (Lipinski definition) is 1. The number of halogens is 4. The van der Waals surface area contributed by atoms with Crippen molar-refractivity contribution < 1.29 is 17.2 Å². The number of nitrogens with one attached hydrogen (secondary N) is 1. The second-order valence-electron chi connectivity index (χ2n) is 5.75. The Bertz CT molecular complexity index is 1320. The van der Waals surface area contributed by atoms with Crippen molar-refractivity contribution in [2.45, 2.75) is 11.8 Å². The molecule has 6 nitrogen and oxygen atoms in total. The van der Waals surface area contributed by atoms with E-state index in [0.29, 0.717) is 0 Å². The van der Waals surface area contributed by atoms with E-state index in [1.807, 2.05) is 4.72 Å². The zero-order valence-electron chi connectivity index (χ0n) is 15.7. The number of nitrogens with zero attached hydrogens (tertiary/aromatic N) is 3. The van der Waals surface area contributed by atoms with Gasteiger partial charge < -0.3 is 0 Å². The second-order valence-corrected chi connectivity index (χ2v) is 8.24. The Balaban J connectivity index is 2.43. The van der Waals surface area contributed by atoms with Crippen LogP contribution in [0.1, 0.15) is 12.5 Å². The quantitative estimate of drug-likeness (QED) is 0.380. The van der Waals surface area contributed by atoms with Crippen LogP contribution < -0.4 is 4.72 Å². The number of anilines is 1. The number of rotatable bonds is 4. The molecule has 11 heteroatoms. The molecule has 0 atom stereocenters. The molecule has 0 unspecified atom stereocenters. The van der Waals surface area contributed by atoms with E-state index in [-0.39, 0.29) is 26.3 Å². The van der Waals surface area contributed by atoms with Gasteiger partial charge in [-0.2, -0.15) is 5.26 Å². The number of hydrogen-bond acceptors (Lipinski definition) is 4. The number of aliphatic imine (C=N–C) groups is 2. The molecule has 0 fully saturated rings. The predicted octanol–water partition coefficient (Wildman–Crippen LogP) is 4.95. The maximum atomic E-state index is 14.8. The summed E-state index contributed by atoms with van der Waals surface area (Å²) in [5, 5.41) is 8.68. The summed E-state index contributed by atoms with van der Waals surface area (Å²) in [4.78, 5) is 6.67. The van der Waals surface area contributed by atoms with Gasteiger partial charge in [-0.3, -0.25) is 4.72 Å². The molecule has 0 saturated heterocycles. The summed E-state index contributed by atoms with van der Waals surface area (Å²) < 4.78 is 56.1. The Morgan fingerprint density at radius 1 is 1.26 bits per heavy atom. The van der Waals surface area contributed by atoms with Crippen LogP contribution in [-0.4, -0.2) is 21.0 Å². The van der Waals surface area contributed by atoms with Crippen molar-refractivity contribution in [1.29, 1.82) is 5.26 Å². The molecule has 0 radical (unpaired) electrons. The lowest BCUT2D eigenvalue weighted by molar-refractivity contribution is 0.578. The third-order valence-corrected chi connectivity index (χ3v) is 5.62. The summed E-state index contributed by atoms with van der Waals surface area (Å²) in [6.45, 7) is 4.64. The lowest BCUT2D eigenvalue weighted by Gasteiger charge is -2.11. The van der Waals surface area contributed by atoms with Gasteiger partial charge in [-0.05, 0) is 44.0 Å². The third kappa shape index (κ3) is 6.12. The second kappa shape index (κ2) is 10.2. The Kier molecular flexibility index (Phi) is 7.89. The van der Waals surface area contributed by atoms with Crippen molar-refractivity contribution in [3.8, 4) is 17.9 Å². The summed E-state index contributed by atoms with van der Waals surface area (Å²) in [5.74, 6) is 2.29. The number of benzene rings is 2. The van der Waals surface area contributed by atoms with Crippen LogP contribution in [0.25, 0.3) is 0 Å². The molecule has 31 heavy (non-hydrogen) atoms. The van der Waals surface area contributed by atoms with Crippen LogP contribution in [0.5, 0.6) is 0 Å². The molecule has 0 aliphatic heterocycles. The highest BCUT2D eigenvalue weighted by Gasteiger charge is 2.22. The van der Waals surface area contributed by atoms with E-state index in [2.05, 4.69) is 28.5 Å². The SMILES string of the molecule is C=NC(C#N)=N/C=C(\C)C#Cc1c(F)ccc(NS(=O)(=O)c2cc(Cl)ccc2Cl)c1F. The first-order valence-corrected chi connectivity index (χ1v) is 10.4. The summed E-state index contributed by atoms with van der Waals surface area (Å²) >= 11 is 11.7. The minimum absolute atomic E-state index is 0.104. The van der Waals surface area contributed by atoms with Crippen molar-refractivity contribution in [3.05, 3.63) is 69.3 Å². The molecule has 0 saturated carbocycles. The summed E-state index contributed by atoms with van der Waals surface area (Å²) in [7, 11) is -4.33. The molecule has 0 bridgehead atoms. The fourth-order valence-corrected chi connectivity index (χ4v) is 3.91. The highest BCUT2D eigenvalue weighted by atomic mass is 35.5. The normalized spacial score (nSPS) is 11.9. The van der Waals surface area contributed by atoms with Gasteiger partial charge in [0.2, 0.25) is 5.84 Å². The summed E-state index contributed by atoms with van der Waals surface area (Å²) in [6, 6.07) is 7.20. The molecule has 2 aromatic rings. The molecule has 0 aliphatic carbocycles. The van der Waals surface area contributed by atoms with Gasteiger partial charge >= 0.3 is 0 Å². The number of sulfonamides is 1. The fraction of sp³-hybridized carbons (Fsp3) is 0.0500. The van der Waals surface area contributed by atoms with E-state index < -0.39 is 32.9 Å². The first-order chi connectivity index (χ1) is 14.6. The van der Waals surface area contributed by atoms with Crippen LogP contribution in [0.4, 0.5) is 14.5 Å². The van der Waals surface area contributed by atoms with E-state index in [4.69, 9.17) is 28.5 Å². The van der Waals surface area contributed by atoms with Crippen LogP contribution in [0, 0.1) is 34.8 Å². The van der Waals surface area contributed by atoms with Gasteiger partial charge in [-0.15, -0.1) is 0 Å². The maximum Gasteiger partial charge on any atom is 0.263 e. The van der Waals surface area contributed by atoms with Crippen molar-refractivity contribution in [3.63, 3.8) is 0 Å². The summed E-state index contributed by atoms with van der Waals surface area (Å²) in [5.41, 5.74) is -0.951. The molecule has 0 spiro atoms. The zero-order chi connectivity index (χ0) is 23.2. The van der Waals surface area contributed by atoms with E-state index in [1.165, 1.54) is 25.3 Å². The Morgan fingerprint density at radius 3 is 2.61 bits per heavy atom. The molecule has 1 N–H and O–H groups in total. The zero-order valence-corrected chi connectivity index (χ0v) is 18.1. The molecule has 0 aliphatic rings. The van der Waals surface area contributed by atoms with Crippen molar-refractivity contribution in [1.82, 2.24) is 0 Å². The van der Waals surface area contributed by atoms with Gasteiger partial charge in [-0.25, -0.2) is 27.2 Å². The Labute approximate surface area is 187 Å².